The molecule has 2 heterocycles. The lowest BCUT2D eigenvalue weighted by Crippen LogP contribution is -2.31. The van der Waals surface area contributed by atoms with Gasteiger partial charge in [0, 0.05) is 13.2 Å². The summed E-state index contributed by atoms with van der Waals surface area (Å²) in [7, 11) is -3.55. The Hall–Kier alpha value is -1.70. The van der Waals surface area contributed by atoms with E-state index in [1.807, 2.05) is 30.3 Å². The van der Waals surface area contributed by atoms with Gasteiger partial charge in [-0.3, -0.25) is 0 Å². The van der Waals surface area contributed by atoms with Gasteiger partial charge in [-0.05, 0) is 25.0 Å². The SMILES string of the molecule is O=S(=O)(NC[C@H]1CCCO1)c1cnn(-c2ccccc2)c1. The van der Waals surface area contributed by atoms with Crippen LogP contribution in [0.4, 0.5) is 0 Å². The van der Waals surface area contributed by atoms with Crippen LogP contribution in [0.15, 0.2) is 47.6 Å². The van der Waals surface area contributed by atoms with Crippen LogP contribution in [0.5, 0.6) is 0 Å². The highest BCUT2D eigenvalue weighted by Crippen LogP contribution is 2.14. The molecule has 0 aliphatic carbocycles. The molecule has 0 amide bonds. The molecule has 0 saturated carbocycles. The van der Waals surface area contributed by atoms with E-state index < -0.39 is 10.0 Å². The van der Waals surface area contributed by atoms with Crippen molar-refractivity contribution in [2.24, 2.45) is 0 Å². The van der Waals surface area contributed by atoms with Gasteiger partial charge in [0.1, 0.15) is 4.90 Å². The molecule has 0 radical (unpaired) electrons. The molecule has 1 fully saturated rings. The van der Waals surface area contributed by atoms with Crippen molar-refractivity contribution in [3.05, 3.63) is 42.7 Å². The Balaban J connectivity index is 1.72. The molecule has 0 bridgehead atoms. The highest BCUT2D eigenvalue weighted by atomic mass is 32.2. The molecule has 1 aliphatic heterocycles. The first-order valence-corrected chi connectivity index (χ1v) is 8.35. The Morgan fingerprint density at radius 2 is 2.14 bits per heavy atom. The lowest BCUT2D eigenvalue weighted by Gasteiger charge is -2.10. The van der Waals surface area contributed by atoms with Crippen LogP contribution in [0.1, 0.15) is 12.8 Å². The van der Waals surface area contributed by atoms with E-state index in [9.17, 15) is 8.42 Å². The van der Waals surface area contributed by atoms with Crippen LogP contribution < -0.4 is 4.72 Å². The average Bonchev–Trinajstić information content (AvgIpc) is 3.18. The number of ether oxygens (including phenoxy) is 1. The number of nitrogens with zero attached hydrogens (tertiary/aromatic N) is 2. The fourth-order valence-corrected chi connectivity index (χ4v) is 3.25. The van der Waals surface area contributed by atoms with Crippen molar-refractivity contribution in [1.82, 2.24) is 14.5 Å². The predicted molar refractivity (Wildman–Crippen MR) is 77.7 cm³/mol. The van der Waals surface area contributed by atoms with Gasteiger partial charge in [-0.1, -0.05) is 18.2 Å². The Labute approximate surface area is 123 Å². The van der Waals surface area contributed by atoms with Crippen LogP contribution in [0, 0.1) is 0 Å². The molecule has 0 spiro atoms. The third-order valence-electron chi connectivity index (χ3n) is 3.41. The smallest absolute Gasteiger partial charge is 0.243 e. The number of hydrogen-bond acceptors (Lipinski definition) is 4. The van der Waals surface area contributed by atoms with E-state index in [1.165, 1.54) is 12.4 Å². The van der Waals surface area contributed by atoms with Crippen molar-refractivity contribution in [2.75, 3.05) is 13.2 Å². The maximum Gasteiger partial charge on any atom is 0.243 e. The van der Waals surface area contributed by atoms with Gasteiger partial charge in [-0.25, -0.2) is 17.8 Å². The monoisotopic (exact) mass is 307 g/mol. The molecule has 21 heavy (non-hydrogen) atoms. The molecular weight excluding hydrogens is 290 g/mol. The van der Waals surface area contributed by atoms with E-state index in [1.54, 1.807) is 4.68 Å². The molecule has 1 aromatic carbocycles. The van der Waals surface area contributed by atoms with Gasteiger partial charge in [-0.15, -0.1) is 0 Å². The molecule has 112 valence electrons. The van der Waals surface area contributed by atoms with E-state index in [0.717, 1.165) is 18.5 Å². The normalized spacial score (nSPS) is 19.0. The fraction of sp³-hybridized carbons (Fsp3) is 0.357. The maximum atomic E-state index is 12.2. The second-order valence-electron chi connectivity index (χ2n) is 4.94. The van der Waals surface area contributed by atoms with Crippen molar-refractivity contribution < 1.29 is 13.2 Å². The van der Waals surface area contributed by atoms with Crippen LogP contribution in [0.3, 0.4) is 0 Å². The van der Waals surface area contributed by atoms with Gasteiger partial charge >= 0.3 is 0 Å². The lowest BCUT2D eigenvalue weighted by molar-refractivity contribution is 0.114. The lowest BCUT2D eigenvalue weighted by atomic mass is 10.2. The summed E-state index contributed by atoms with van der Waals surface area (Å²) in [4.78, 5) is 0.157. The molecule has 3 rings (SSSR count). The first-order chi connectivity index (χ1) is 10.1. The molecule has 7 heteroatoms. The van der Waals surface area contributed by atoms with Crippen LogP contribution in [-0.4, -0.2) is 37.5 Å². The van der Waals surface area contributed by atoms with Crippen LogP contribution in [0.2, 0.25) is 0 Å². The largest absolute Gasteiger partial charge is 0.377 e. The third-order valence-corrected chi connectivity index (χ3v) is 4.79. The number of para-hydroxylation sites is 1. The van der Waals surface area contributed by atoms with Gasteiger partial charge in [0.2, 0.25) is 10.0 Å². The summed E-state index contributed by atoms with van der Waals surface area (Å²) >= 11 is 0. The summed E-state index contributed by atoms with van der Waals surface area (Å²) in [5.74, 6) is 0. The van der Waals surface area contributed by atoms with Gasteiger partial charge in [0.05, 0.1) is 24.2 Å². The summed E-state index contributed by atoms with van der Waals surface area (Å²) in [6.07, 6.45) is 4.71. The highest BCUT2D eigenvalue weighted by Gasteiger charge is 2.21. The Kier molecular flexibility index (Phi) is 4.05. The van der Waals surface area contributed by atoms with Crippen molar-refractivity contribution >= 4 is 10.0 Å². The highest BCUT2D eigenvalue weighted by molar-refractivity contribution is 7.89. The van der Waals surface area contributed by atoms with E-state index in [4.69, 9.17) is 4.74 Å². The quantitative estimate of drug-likeness (QED) is 0.904. The second-order valence-corrected chi connectivity index (χ2v) is 6.71. The summed E-state index contributed by atoms with van der Waals surface area (Å²) in [6, 6.07) is 9.38. The zero-order valence-electron chi connectivity index (χ0n) is 11.5. The van der Waals surface area contributed by atoms with Crippen molar-refractivity contribution in [3.63, 3.8) is 0 Å². The van der Waals surface area contributed by atoms with Gasteiger partial charge < -0.3 is 4.74 Å². The summed E-state index contributed by atoms with van der Waals surface area (Å²) < 4.78 is 34.0. The molecule has 2 aromatic rings. The Bertz CT molecular complexity index is 691. The van der Waals surface area contributed by atoms with Crippen molar-refractivity contribution in [3.8, 4) is 5.69 Å². The predicted octanol–water partition coefficient (Wildman–Crippen LogP) is 1.33. The Morgan fingerprint density at radius 3 is 2.86 bits per heavy atom. The number of nitrogens with one attached hydrogen (secondary N) is 1. The van der Waals surface area contributed by atoms with Crippen LogP contribution in [0.25, 0.3) is 5.69 Å². The zero-order valence-corrected chi connectivity index (χ0v) is 12.3. The van der Waals surface area contributed by atoms with Crippen molar-refractivity contribution in [1.29, 1.82) is 0 Å². The fourth-order valence-electron chi connectivity index (χ4n) is 2.26. The number of rotatable bonds is 5. The first-order valence-electron chi connectivity index (χ1n) is 6.86. The summed E-state index contributed by atoms with van der Waals surface area (Å²) in [5, 5.41) is 4.10. The maximum absolute atomic E-state index is 12.2. The van der Waals surface area contributed by atoms with E-state index in [2.05, 4.69) is 9.82 Å². The van der Waals surface area contributed by atoms with E-state index in [-0.39, 0.29) is 11.0 Å². The molecular formula is C14H17N3O3S. The third kappa shape index (κ3) is 3.31. The number of sulfonamides is 1. The van der Waals surface area contributed by atoms with E-state index in [0.29, 0.717) is 13.2 Å². The topological polar surface area (TPSA) is 73.2 Å². The second kappa shape index (κ2) is 5.97. The molecule has 0 unspecified atom stereocenters. The minimum atomic E-state index is -3.55. The Morgan fingerprint density at radius 1 is 1.33 bits per heavy atom. The molecule has 1 aromatic heterocycles. The molecule has 1 N–H and O–H groups in total. The number of aromatic nitrogens is 2. The standard InChI is InChI=1S/C14H17N3O3S/c18-21(19,16-9-13-7-4-8-20-13)14-10-15-17(11-14)12-5-2-1-3-6-12/h1-3,5-6,10-11,13,16H,4,7-9H2/t13-/m1/s1. The molecule has 1 aliphatic rings. The van der Waals surface area contributed by atoms with Crippen LogP contribution >= 0.6 is 0 Å². The minimum Gasteiger partial charge on any atom is -0.377 e. The minimum absolute atomic E-state index is 0.0241. The molecule has 1 saturated heterocycles. The van der Waals surface area contributed by atoms with Gasteiger partial charge in [-0.2, -0.15) is 5.10 Å². The van der Waals surface area contributed by atoms with Crippen molar-refractivity contribution in [2.45, 2.75) is 23.8 Å². The van der Waals surface area contributed by atoms with Gasteiger partial charge in [0.15, 0.2) is 0 Å². The summed E-state index contributed by atoms with van der Waals surface area (Å²) in [5.41, 5.74) is 0.818. The molecule has 1 atom stereocenters. The van der Waals surface area contributed by atoms with E-state index >= 15 is 0 Å². The van der Waals surface area contributed by atoms with Gasteiger partial charge in [0.25, 0.3) is 0 Å². The van der Waals surface area contributed by atoms with Crippen LogP contribution in [-0.2, 0) is 14.8 Å². The average molecular weight is 307 g/mol. The zero-order chi connectivity index (χ0) is 14.7. The first kappa shape index (κ1) is 14.2. The molecule has 6 nitrogen and oxygen atoms in total. The summed E-state index contributed by atoms with van der Waals surface area (Å²) in [6.45, 7) is 1.01. The number of benzene rings is 1. The number of hydrogen-bond donors (Lipinski definition) is 1.